The first-order chi connectivity index (χ1) is 16.7. The number of benzene rings is 1. The monoisotopic (exact) mass is 503 g/mol. The number of carbonyl (C=O) groups is 3. The molecule has 3 heterocycles. The SMILES string of the molecule is CC(=O)OC[C@H]1O[C@@H](n2c(-c3cccc(Cl)c3)nc3c(N)ncnc32)[C@H](OC(C)=O)[C@@H]1OC(C)=O. The molecule has 1 aliphatic rings. The van der Waals surface area contributed by atoms with Crippen LogP contribution in [0.3, 0.4) is 0 Å². The minimum Gasteiger partial charge on any atom is -0.463 e. The Morgan fingerprint density at radius 3 is 2.46 bits per heavy atom. The molecule has 4 atom stereocenters. The Morgan fingerprint density at radius 1 is 1.09 bits per heavy atom. The number of nitrogens with zero attached hydrogens (tertiary/aromatic N) is 4. The van der Waals surface area contributed by atoms with Crippen molar-refractivity contribution >= 4 is 46.5 Å². The van der Waals surface area contributed by atoms with Gasteiger partial charge in [-0.15, -0.1) is 0 Å². The van der Waals surface area contributed by atoms with Gasteiger partial charge in [0.1, 0.15) is 24.9 Å². The second-order valence-electron chi connectivity index (χ2n) is 7.76. The standard InChI is InChI=1S/C22H22ClN5O7/c1-10(29)32-8-15-17(33-11(2)30)18(34-12(3)31)22(35-15)28-20(13-5-4-6-14(23)7-13)27-16-19(24)25-9-26-21(16)28/h4-7,9,15,17-18,22H,8H2,1-3H3,(H2,24,25,26)/t15-,17-,18-,22-/m1/s1. The van der Waals surface area contributed by atoms with E-state index in [-0.39, 0.29) is 23.6 Å². The molecule has 2 N–H and O–H groups in total. The van der Waals surface area contributed by atoms with Crippen LogP contribution in [0.15, 0.2) is 30.6 Å². The summed E-state index contributed by atoms with van der Waals surface area (Å²) in [5.74, 6) is -1.38. The van der Waals surface area contributed by atoms with E-state index in [1.165, 1.54) is 27.1 Å². The summed E-state index contributed by atoms with van der Waals surface area (Å²) in [5, 5.41) is 0.453. The molecule has 0 aliphatic carbocycles. The molecular formula is C22H22ClN5O7. The molecule has 3 aromatic rings. The number of esters is 3. The van der Waals surface area contributed by atoms with Gasteiger partial charge >= 0.3 is 17.9 Å². The minimum atomic E-state index is -1.14. The van der Waals surface area contributed by atoms with E-state index in [0.29, 0.717) is 16.4 Å². The van der Waals surface area contributed by atoms with Crippen LogP contribution in [0.2, 0.25) is 5.02 Å². The van der Waals surface area contributed by atoms with Gasteiger partial charge in [0.2, 0.25) is 0 Å². The largest absolute Gasteiger partial charge is 0.463 e. The van der Waals surface area contributed by atoms with E-state index in [2.05, 4.69) is 15.0 Å². The zero-order valence-electron chi connectivity index (χ0n) is 19.0. The first-order valence-electron chi connectivity index (χ1n) is 10.5. The van der Waals surface area contributed by atoms with Crippen LogP contribution in [0.4, 0.5) is 5.82 Å². The van der Waals surface area contributed by atoms with Gasteiger partial charge in [-0.3, -0.25) is 19.0 Å². The molecule has 0 saturated carbocycles. The highest BCUT2D eigenvalue weighted by molar-refractivity contribution is 6.30. The Hall–Kier alpha value is -3.77. The number of hydrogen-bond donors (Lipinski definition) is 1. The molecule has 0 amide bonds. The predicted octanol–water partition coefficient (Wildman–Crippen LogP) is 2.05. The van der Waals surface area contributed by atoms with Crippen LogP contribution in [0.5, 0.6) is 0 Å². The third-order valence-electron chi connectivity index (χ3n) is 5.18. The second-order valence-corrected chi connectivity index (χ2v) is 8.20. The van der Waals surface area contributed by atoms with Crippen molar-refractivity contribution in [3.05, 3.63) is 35.6 Å². The number of rotatable bonds is 6. The second kappa shape index (κ2) is 9.84. The molecule has 4 rings (SSSR count). The van der Waals surface area contributed by atoms with E-state index in [1.807, 2.05) is 0 Å². The summed E-state index contributed by atoms with van der Waals surface area (Å²) in [4.78, 5) is 48.3. The van der Waals surface area contributed by atoms with Crippen molar-refractivity contribution in [2.75, 3.05) is 12.3 Å². The van der Waals surface area contributed by atoms with Crippen molar-refractivity contribution in [1.29, 1.82) is 0 Å². The number of halogens is 1. The van der Waals surface area contributed by atoms with Crippen LogP contribution in [0.1, 0.15) is 27.0 Å². The topological polar surface area (TPSA) is 158 Å². The van der Waals surface area contributed by atoms with Crippen molar-refractivity contribution < 1.29 is 33.3 Å². The molecule has 184 valence electrons. The van der Waals surface area contributed by atoms with Crippen LogP contribution in [-0.4, -0.2) is 62.3 Å². The summed E-state index contributed by atoms with van der Waals surface area (Å²) in [5.41, 5.74) is 7.21. The summed E-state index contributed by atoms with van der Waals surface area (Å²) in [6.07, 6.45) is -3.01. The zero-order valence-corrected chi connectivity index (χ0v) is 19.8. The molecule has 12 nitrogen and oxygen atoms in total. The number of nitrogen functional groups attached to an aromatic ring is 1. The molecule has 0 spiro atoms. The zero-order chi connectivity index (χ0) is 25.3. The first-order valence-corrected chi connectivity index (χ1v) is 10.9. The van der Waals surface area contributed by atoms with Crippen molar-refractivity contribution in [3.8, 4) is 11.4 Å². The summed E-state index contributed by atoms with van der Waals surface area (Å²) >= 11 is 6.21. The Labute approximate surface area is 204 Å². The normalized spacial score (nSPS) is 21.6. The molecule has 1 aliphatic heterocycles. The van der Waals surface area contributed by atoms with Crippen molar-refractivity contribution in [3.63, 3.8) is 0 Å². The smallest absolute Gasteiger partial charge is 0.303 e. The van der Waals surface area contributed by atoms with Crippen LogP contribution < -0.4 is 5.73 Å². The maximum absolute atomic E-state index is 12.0. The van der Waals surface area contributed by atoms with Crippen LogP contribution >= 0.6 is 11.6 Å². The van der Waals surface area contributed by atoms with Gasteiger partial charge in [-0.05, 0) is 12.1 Å². The van der Waals surface area contributed by atoms with Gasteiger partial charge in [-0.25, -0.2) is 15.0 Å². The van der Waals surface area contributed by atoms with Gasteiger partial charge in [-0.2, -0.15) is 0 Å². The van der Waals surface area contributed by atoms with Crippen molar-refractivity contribution in [1.82, 2.24) is 19.5 Å². The lowest BCUT2D eigenvalue weighted by Gasteiger charge is -2.24. The molecule has 35 heavy (non-hydrogen) atoms. The Kier molecular flexibility index (Phi) is 6.85. The highest BCUT2D eigenvalue weighted by atomic mass is 35.5. The Bertz CT molecular complexity index is 1300. The van der Waals surface area contributed by atoms with Gasteiger partial charge in [0, 0.05) is 31.4 Å². The summed E-state index contributed by atoms with van der Waals surface area (Å²) in [6, 6.07) is 6.88. The van der Waals surface area contributed by atoms with Crippen LogP contribution in [0.25, 0.3) is 22.6 Å². The molecule has 0 radical (unpaired) electrons. The van der Waals surface area contributed by atoms with E-state index in [9.17, 15) is 14.4 Å². The van der Waals surface area contributed by atoms with Gasteiger partial charge in [0.05, 0.1) is 0 Å². The maximum atomic E-state index is 12.0. The van der Waals surface area contributed by atoms with E-state index in [1.54, 1.807) is 28.8 Å². The highest BCUT2D eigenvalue weighted by Gasteiger charge is 2.51. The van der Waals surface area contributed by atoms with Crippen LogP contribution in [-0.2, 0) is 33.3 Å². The molecule has 1 saturated heterocycles. The molecule has 13 heteroatoms. The summed E-state index contributed by atoms with van der Waals surface area (Å²) < 4.78 is 23.9. The molecule has 1 fully saturated rings. The average Bonchev–Trinajstić information content (AvgIpc) is 3.31. The van der Waals surface area contributed by atoms with Crippen molar-refractivity contribution in [2.24, 2.45) is 0 Å². The number of fused-ring (bicyclic) bond motifs is 1. The fourth-order valence-electron chi connectivity index (χ4n) is 3.90. The number of aromatic nitrogens is 4. The number of imidazole rings is 1. The van der Waals surface area contributed by atoms with Gasteiger partial charge in [0.15, 0.2) is 35.4 Å². The predicted molar refractivity (Wildman–Crippen MR) is 122 cm³/mol. The van der Waals surface area contributed by atoms with E-state index in [0.717, 1.165) is 0 Å². The lowest BCUT2D eigenvalue weighted by atomic mass is 10.1. The molecule has 1 aromatic carbocycles. The van der Waals surface area contributed by atoms with Crippen molar-refractivity contribution in [2.45, 2.75) is 45.3 Å². The van der Waals surface area contributed by atoms with E-state index < -0.39 is 42.4 Å². The molecule has 0 unspecified atom stereocenters. The number of carbonyl (C=O) groups excluding carboxylic acids is 3. The molecular weight excluding hydrogens is 482 g/mol. The number of hydrogen-bond acceptors (Lipinski definition) is 11. The summed E-state index contributed by atoms with van der Waals surface area (Å²) in [6.45, 7) is 3.40. The third kappa shape index (κ3) is 5.03. The summed E-state index contributed by atoms with van der Waals surface area (Å²) in [7, 11) is 0. The fraction of sp³-hybridized carbons (Fsp3) is 0.364. The average molecular weight is 504 g/mol. The third-order valence-corrected chi connectivity index (χ3v) is 5.42. The maximum Gasteiger partial charge on any atom is 0.303 e. The van der Waals surface area contributed by atoms with Gasteiger partial charge in [-0.1, -0.05) is 23.7 Å². The van der Waals surface area contributed by atoms with Gasteiger partial charge in [0.25, 0.3) is 0 Å². The fourth-order valence-corrected chi connectivity index (χ4v) is 4.09. The minimum absolute atomic E-state index is 0.118. The number of nitrogens with two attached hydrogens (primary N) is 1. The number of anilines is 1. The number of ether oxygens (including phenoxy) is 4. The first kappa shape index (κ1) is 24.4. The lowest BCUT2D eigenvalue weighted by molar-refractivity contribution is -0.166. The Morgan fingerprint density at radius 2 is 1.80 bits per heavy atom. The van der Waals surface area contributed by atoms with Gasteiger partial charge < -0.3 is 24.7 Å². The van der Waals surface area contributed by atoms with E-state index in [4.69, 9.17) is 36.3 Å². The molecule has 2 aromatic heterocycles. The lowest BCUT2D eigenvalue weighted by Crippen LogP contribution is -2.40. The highest BCUT2D eigenvalue weighted by Crippen LogP contribution is 2.39. The molecule has 0 bridgehead atoms. The van der Waals surface area contributed by atoms with Crippen LogP contribution in [0, 0.1) is 0 Å². The quantitative estimate of drug-likeness (QED) is 0.387. The van der Waals surface area contributed by atoms with E-state index >= 15 is 0 Å². The Balaban J connectivity index is 1.90.